The summed E-state index contributed by atoms with van der Waals surface area (Å²) in [5, 5.41) is 13.3. The van der Waals surface area contributed by atoms with Crippen LogP contribution in [0.1, 0.15) is 11.4 Å². The lowest BCUT2D eigenvalue weighted by molar-refractivity contribution is 0.188. The fourth-order valence-corrected chi connectivity index (χ4v) is 4.42. The Bertz CT molecular complexity index is 1520. The summed E-state index contributed by atoms with van der Waals surface area (Å²) in [4.78, 5) is 6.77. The first kappa shape index (κ1) is 22.0. The summed E-state index contributed by atoms with van der Waals surface area (Å²) in [7, 11) is 1.66. The molecule has 0 fully saturated rings. The molecule has 6 rings (SSSR count). The average Bonchev–Trinajstić information content (AvgIpc) is 3.31. The Labute approximate surface area is 207 Å². The Hall–Kier alpha value is -4.53. The largest absolute Gasteiger partial charge is 0.497 e. The van der Waals surface area contributed by atoms with Crippen LogP contribution in [0.5, 0.6) is 11.5 Å². The van der Waals surface area contributed by atoms with Crippen LogP contribution in [0.2, 0.25) is 0 Å². The number of nitrogens with zero attached hydrogens (tertiary/aromatic N) is 6. The van der Waals surface area contributed by atoms with Crippen LogP contribution in [-0.4, -0.2) is 44.6 Å². The lowest BCUT2D eigenvalue weighted by atomic mass is 10.1. The van der Waals surface area contributed by atoms with Crippen molar-refractivity contribution in [1.82, 2.24) is 24.8 Å². The number of fused-ring (bicyclic) bond motifs is 2. The van der Waals surface area contributed by atoms with Gasteiger partial charge >= 0.3 is 0 Å². The van der Waals surface area contributed by atoms with Crippen LogP contribution in [-0.2, 0) is 13.0 Å². The van der Waals surface area contributed by atoms with Crippen molar-refractivity contribution >= 4 is 11.5 Å². The van der Waals surface area contributed by atoms with Gasteiger partial charge in [-0.2, -0.15) is 9.61 Å². The van der Waals surface area contributed by atoms with E-state index in [2.05, 4.69) is 32.2 Å². The van der Waals surface area contributed by atoms with Gasteiger partial charge in [-0.15, -0.1) is 10.2 Å². The molecule has 0 saturated heterocycles. The molecular weight excluding hydrogens is 459 g/mol. The Morgan fingerprint density at radius 3 is 2.75 bits per heavy atom. The van der Waals surface area contributed by atoms with Crippen LogP contribution >= 0.6 is 0 Å². The fraction of sp³-hybridized carbons (Fsp3) is 0.185. The molecule has 0 radical (unpaired) electrons. The summed E-state index contributed by atoms with van der Waals surface area (Å²) < 4.78 is 27.0. The van der Waals surface area contributed by atoms with Crippen LogP contribution in [0.15, 0.2) is 79.0 Å². The Morgan fingerprint density at radius 1 is 1.03 bits per heavy atom. The number of ether oxygens (including phenoxy) is 2. The summed E-state index contributed by atoms with van der Waals surface area (Å²) in [6, 6.07) is 21.8. The van der Waals surface area contributed by atoms with Crippen LogP contribution in [0.3, 0.4) is 0 Å². The van der Waals surface area contributed by atoms with Gasteiger partial charge in [0.1, 0.15) is 17.7 Å². The van der Waals surface area contributed by atoms with E-state index in [1.54, 1.807) is 23.9 Å². The van der Waals surface area contributed by atoms with Gasteiger partial charge in [-0.1, -0.05) is 24.3 Å². The summed E-state index contributed by atoms with van der Waals surface area (Å²) in [6.07, 6.45) is 2.08. The molecule has 0 spiro atoms. The molecule has 1 unspecified atom stereocenters. The Balaban J connectivity index is 1.27. The van der Waals surface area contributed by atoms with Gasteiger partial charge in [0.05, 0.1) is 19.3 Å². The van der Waals surface area contributed by atoms with Crippen molar-refractivity contribution in [3.05, 3.63) is 96.2 Å². The lowest BCUT2D eigenvalue weighted by Gasteiger charge is -2.35. The molecule has 1 atom stereocenters. The highest BCUT2D eigenvalue weighted by Gasteiger charge is 2.28. The highest BCUT2D eigenvalue weighted by Crippen LogP contribution is 2.33. The number of hydrogen-bond acceptors (Lipinski definition) is 7. The SMILES string of the molecule is COc1ccc(CN2CC(Cc3nnc4ccc(-c5cccc(F)c5)nn34)Oc3cccnc32)cc1. The second-order valence-corrected chi connectivity index (χ2v) is 8.61. The van der Waals surface area contributed by atoms with Gasteiger partial charge in [0.15, 0.2) is 23.0 Å². The molecule has 2 aromatic carbocycles. The predicted octanol–water partition coefficient (Wildman–Crippen LogP) is 4.34. The van der Waals surface area contributed by atoms with Gasteiger partial charge in [-0.05, 0) is 54.1 Å². The molecule has 0 amide bonds. The lowest BCUT2D eigenvalue weighted by Crippen LogP contribution is -2.41. The number of methoxy groups -OCH3 is 1. The third-order valence-electron chi connectivity index (χ3n) is 6.16. The van der Waals surface area contributed by atoms with Crippen molar-refractivity contribution in [2.45, 2.75) is 19.1 Å². The van der Waals surface area contributed by atoms with E-state index in [0.29, 0.717) is 42.2 Å². The van der Waals surface area contributed by atoms with Gasteiger partial charge in [-0.25, -0.2) is 9.37 Å². The number of pyridine rings is 1. The maximum Gasteiger partial charge on any atom is 0.177 e. The van der Waals surface area contributed by atoms with E-state index in [9.17, 15) is 4.39 Å². The molecule has 1 aliphatic rings. The zero-order valence-corrected chi connectivity index (χ0v) is 19.6. The topological polar surface area (TPSA) is 77.7 Å². The zero-order valence-electron chi connectivity index (χ0n) is 19.6. The molecule has 9 heteroatoms. The minimum Gasteiger partial charge on any atom is -0.497 e. The molecule has 36 heavy (non-hydrogen) atoms. The second kappa shape index (κ2) is 9.26. The predicted molar refractivity (Wildman–Crippen MR) is 133 cm³/mol. The maximum atomic E-state index is 13.8. The highest BCUT2D eigenvalue weighted by molar-refractivity contribution is 5.60. The number of hydrogen-bond donors (Lipinski definition) is 0. The molecule has 0 saturated carbocycles. The Kier molecular flexibility index (Phi) is 5.65. The van der Waals surface area contributed by atoms with Crippen LogP contribution in [0, 0.1) is 5.82 Å². The van der Waals surface area contributed by atoms with Crippen LogP contribution in [0.4, 0.5) is 10.2 Å². The minimum atomic E-state index is -0.307. The first-order chi connectivity index (χ1) is 17.7. The van der Waals surface area contributed by atoms with E-state index in [-0.39, 0.29) is 11.9 Å². The number of anilines is 1. The molecule has 0 aliphatic carbocycles. The molecule has 0 bridgehead atoms. The summed E-state index contributed by atoms with van der Waals surface area (Å²) in [6.45, 7) is 1.30. The van der Waals surface area contributed by atoms with Crippen molar-refractivity contribution in [2.24, 2.45) is 0 Å². The maximum absolute atomic E-state index is 13.8. The van der Waals surface area contributed by atoms with E-state index in [0.717, 1.165) is 22.9 Å². The highest BCUT2D eigenvalue weighted by atomic mass is 19.1. The molecule has 180 valence electrons. The number of rotatable bonds is 6. The molecule has 0 N–H and O–H groups in total. The average molecular weight is 483 g/mol. The van der Waals surface area contributed by atoms with E-state index < -0.39 is 0 Å². The first-order valence-electron chi connectivity index (χ1n) is 11.6. The van der Waals surface area contributed by atoms with Gasteiger partial charge in [0.2, 0.25) is 0 Å². The Morgan fingerprint density at radius 2 is 1.92 bits per heavy atom. The van der Waals surface area contributed by atoms with Crippen molar-refractivity contribution in [3.63, 3.8) is 0 Å². The molecule has 5 aromatic rings. The second-order valence-electron chi connectivity index (χ2n) is 8.61. The van der Waals surface area contributed by atoms with Crippen LogP contribution < -0.4 is 14.4 Å². The standard InChI is InChI=1S/C27H23FN6O2/c1-35-21-9-7-18(8-10-21)16-33-17-22(36-24-6-3-13-29-27(24)33)15-26-31-30-25-12-11-23(32-34(25)26)19-4-2-5-20(28)14-19/h2-14,22H,15-17H2,1H3. The van der Waals surface area contributed by atoms with Crippen molar-refractivity contribution in [3.8, 4) is 22.8 Å². The first-order valence-corrected chi connectivity index (χ1v) is 11.6. The van der Waals surface area contributed by atoms with Crippen molar-refractivity contribution in [1.29, 1.82) is 0 Å². The summed E-state index contributed by atoms with van der Waals surface area (Å²) in [5.74, 6) is 2.72. The number of aromatic nitrogens is 5. The monoisotopic (exact) mass is 482 g/mol. The summed E-state index contributed by atoms with van der Waals surface area (Å²) in [5.41, 5.74) is 3.10. The van der Waals surface area contributed by atoms with Gasteiger partial charge in [0.25, 0.3) is 0 Å². The van der Waals surface area contributed by atoms with Gasteiger partial charge in [-0.3, -0.25) is 0 Å². The summed E-state index contributed by atoms with van der Waals surface area (Å²) >= 11 is 0. The molecular formula is C27H23FN6O2. The molecule has 4 heterocycles. The zero-order chi connectivity index (χ0) is 24.5. The fourth-order valence-electron chi connectivity index (χ4n) is 4.42. The van der Waals surface area contributed by atoms with E-state index >= 15 is 0 Å². The van der Waals surface area contributed by atoms with Crippen molar-refractivity contribution in [2.75, 3.05) is 18.6 Å². The third kappa shape index (κ3) is 4.31. The quantitative estimate of drug-likeness (QED) is 0.356. The minimum absolute atomic E-state index is 0.188. The smallest absolute Gasteiger partial charge is 0.177 e. The molecule has 3 aromatic heterocycles. The number of benzene rings is 2. The normalized spacial score (nSPS) is 14.9. The molecule has 8 nitrogen and oxygen atoms in total. The molecule has 1 aliphatic heterocycles. The van der Waals surface area contributed by atoms with Crippen LogP contribution in [0.25, 0.3) is 16.9 Å². The third-order valence-corrected chi connectivity index (χ3v) is 6.16. The van der Waals surface area contributed by atoms with Gasteiger partial charge < -0.3 is 14.4 Å². The number of halogens is 1. The van der Waals surface area contributed by atoms with E-state index in [4.69, 9.17) is 14.6 Å². The van der Waals surface area contributed by atoms with Crippen molar-refractivity contribution < 1.29 is 13.9 Å². The van der Waals surface area contributed by atoms with E-state index in [1.807, 2.05) is 42.5 Å². The van der Waals surface area contributed by atoms with Gasteiger partial charge in [0, 0.05) is 24.7 Å². The van der Waals surface area contributed by atoms with E-state index in [1.165, 1.54) is 12.1 Å².